The average molecular weight is 248 g/mol. The zero-order valence-electron chi connectivity index (χ0n) is 11.2. The van der Waals surface area contributed by atoms with Crippen molar-refractivity contribution in [3.63, 3.8) is 0 Å². The third-order valence-corrected chi connectivity index (χ3v) is 3.43. The molecule has 98 valence electrons. The highest BCUT2D eigenvalue weighted by Crippen LogP contribution is 2.27. The van der Waals surface area contributed by atoms with Gasteiger partial charge >= 0.3 is 0 Å². The summed E-state index contributed by atoms with van der Waals surface area (Å²) < 4.78 is 0. The van der Waals surface area contributed by atoms with Crippen LogP contribution in [0, 0.1) is 13.8 Å². The number of pyridine rings is 1. The van der Waals surface area contributed by atoms with Crippen molar-refractivity contribution in [2.75, 3.05) is 13.1 Å². The number of amides is 1. The molecular formula is C14H20N2O2. The molecule has 1 fully saturated rings. The standard InChI is InChI=1S/C14H20N2O2/c1-4-7-14(18)8-16(9-14)13(17)12-6-5-10(2)15-11(12)3/h5-6,18H,4,7-9H2,1-3H3. The second-order valence-electron chi connectivity index (χ2n) is 5.22. The number of carbonyl (C=O) groups excluding carboxylic acids is 1. The van der Waals surface area contributed by atoms with Crippen molar-refractivity contribution in [3.8, 4) is 0 Å². The summed E-state index contributed by atoms with van der Waals surface area (Å²) in [7, 11) is 0. The normalized spacial score (nSPS) is 17.4. The maximum atomic E-state index is 12.2. The fourth-order valence-corrected chi connectivity index (χ4v) is 2.51. The van der Waals surface area contributed by atoms with Gasteiger partial charge in [0.1, 0.15) is 0 Å². The van der Waals surface area contributed by atoms with E-state index in [2.05, 4.69) is 4.98 Å². The fourth-order valence-electron chi connectivity index (χ4n) is 2.51. The van der Waals surface area contributed by atoms with Crippen LogP contribution in [0.4, 0.5) is 0 Å². The van der Waals surface area contributed by atoms with E-state index >= 15 is 0 Å². The number of carbonyl (C=O) groups is 1. The average Bonchev–Trinajstić information content (AvgIpc) is 2.25. The quantitative estimate of drug-likeness (QED) is 0.885. The molecule has 0 aromatic carbocycles. The Bertz CT molecular complexity index is 465. The Kier molecular flexibility index (Phi) is 3.39. The number of hydrogen-bond acceptors (Lipinski definition) is 3. The van der Waals surface area contributed by atoms with E-state index in [1.807, 2.05) is 32.9 Å². The summed E-state index contributed by atoms with van der Waals surface area (Å²) in [5, 5.41) is 10.1. The molecule has 0 aliphatic carbocycles. The van der Waals surface area contributed by atoms with Gasteiger partial charge in [0, 0.05) is 5.69 Å². The van der Waals surface area contributed by atoms with Gasteiger partial charge < -0.3 is 10.0 Å². The van der Waals surface area contributed by atoms with E-state index < -0.39 is 5.60 Å². The van der Waals surface area contributed by atoms with Crippen LogP contribution in [0.25, 0.3) is 0 Å². The molecule has 1 saturated heterocycles. The van der Waals surface area contributed by atoms with Crippen molar-refractivity contribution >= 4 is 5.91 Å². The van der Waals surface area contributed by atoms with E-state index in [4.69, 9.17) is 0 Å². The van der Waals surface area contributed by atoms with Gasteiger partial charge in [-0.1, -0.05) is 13.3 Å². The first kappa shape index (κ1) is 13.0. The first-order valence-electron chi connectivity index (χ1n) is 6.41. The van der Waals surface area contributed by atoms with Crippen LogP contribution in [0.15, 0.2) is 12.1 Å². The molecule has 0 saturated carbocycles. The van der Waals surface area contributed by atoms with Crippen LogP contribution < -0.4 is 0 Å². The Morgan fingerprint density at radius 3 is 2.67 bits per heavy atom. The van der Waals surface area contributed by atoms with Gasteiger partial charge in [-0.25, -0.2) is 0 Å². The highest BCUT2D eigenvalue weighted by atomic mass is 16.3. The fraction of sp³-hybridized carbons (Fsp3) is 0.571. The molecule has 1 aliphatic rings. The summed E-state index contributed by atoms with van der Waals surface area (Å²) in [4.78, 5) is 18.2. The first-order valence-corrected chi connectivity index (χ1v) is 6.41. The van der Waals surface area contributed by atoms with E-state index in [9.17, 15) is 9.90 Å². The van der Waals surface area contributed by atoms with Crippen LogP contribution in [0.5, 0.6) is 0 Å². The summed E-state index contributed by atoms with van der Waals surface area (Å²) in [5.41, 5.74) is 1.64. The van der Waals surface area contributed by atoms with Crippen LogP contribution in [0.2, 0.25) is 0 Å². The van der Waals surface area contributed by atoms with Gasteiger partial charge in [-0.15, -0.1) is 0 Å². The minimum absolute atomic E-state index is 0.0271. The Balaban J connectivity index is 2.06. The molecule has 0 unspecified atom stereocenters. The van der Waals surface area contributed by atoms with Crippen LogP contribution in [0.3, 0.4) is 0 Å². The summed E-state index contributed by atoms with van der Waals surface area (Å²) >= 11 is 0. The molecule has 1 aliphatic heterocycles. The maximum Gasteiger partial charge on any atom is 0.255 e. The minimum Gasteiger partial charge on any atom is -0.386 e. The molecule has 1 N–H and O–H groups in total. The number of β-amino-alcohol motifs (C(OH)–C–C–N with tert-alkyl or cyclic N) is 1. The summed E-state index contributed by atoms with van der Waals surface area (Å²) in [6.45, 7) is 6.67. The smallest absolute Gasteiger partial charge is 0.255 e. The topological polar surface area (TPSA) is 53.4 Å². The number of nitrogens with zero attached hydrogens (tertiary/aromatic N) is 2. The second-order valence-corrected chi connectivity index (χ2v) is 5.22. The van der Waals surface area contributed by atoms with E-state index in [0.29, 0.717) is 18.7 Å². The van der Waals surface area contributed by atoms with Crippen molar-refractivity contribution in [3.05, 3.63) is 29.1 Å². The van der Waals surface area contributed by atoms with Gasteiger partial charge in [0.15, 0.2) is 0 Å². The molecule has 0 spiro atoms. The number of hydrogen-bond donors (Lipinski definition) is 1. The largest absolute Gasteiger partial charge is 0.386 e. The van der Waals surface area contributed by atoms with Crippen molar-refractivity contribution in [2.24, 2.45) is 0 Å². The van der Waals surface area contributed by atoms with E-state index in [1.165, 1.54) is 0 Å². The van der Waals surface area contributed by atoms with Gasteiger partial charge in [-0.2, -0.15) is 0 Å². The van der Waals surface area contributed by atoms with Gasteiger partial charge in [0.2, 0.25) is 0 Å². The number of rotatable bonds is 3. The van der Waals surface area contributed by atoms with Crippen molar-refractivity contribution in [1.82, 2.24) is 9.88 Å². The van der Waals surface area contributed by atoms with Crippen LogP contribution in [-0.2, 0) is 0 Å². The molecule has 0 bridgehead atoms. The lowest BCUT2D eigenvalue weighted by atomic mass is 9.88. The van der Waals surface area contributed by atoms with Crippen molar-refractivity contribution in [2.45, 2.75) is 39.2 Å². The third-order valence-electron chi connectivity index (χ3n) is 3.43. The Labute approximate surface area is 108 Å². The van der Waals surface area contributed by atoms with E-state index in [1.54, 1.807) is 4.90 Å². The molecule has 18 heavy (non-hydrogen) atoms. The predicted molar refractivity (Wildman–Crippen MR) is 69.5 cm³/mol. The molecule has 4 heteroatoms. The molecular weight excluding hydrogens is 228 g/mol. The molecule has 1 aromatic heterocycles. The Morgan fingerprint density at radius 2 is 2.11 bits per heavy atom. The molecule has 0 atom stereocenters. The maximum absolute atomic E-state index is 12.2. The highest BCUT2D eigenvalue weighted by Gasteiger charge is 2.43. The SMILES string of the molecule is CCCC1(O)CN(C(=O)c2ccc(C)nc2C)C1. The highest BCUT2D eigenvalue weighted by molar-refractivity contribution is 5.95. The first-order chi connectivity index (χ1) is 8.45. The second kappa shape index (κ2) is 4.69. The van der Waals surface area contributed by atoms with Crippen LogP contribution >= 0.6 is 0 Å². The minimum atomic E-state index is -0.670. The molecule has 4 nitrogen and oxygen atoms in total. The lowest BCUT2D eigenvalue weighted by Gasteiger charge is -2.46. The molecule has 0 radical (unpaired) electrons. The van der Waals surface area contributed by atoms with Crippen LogP contribution in [0.1, 0.15) is 41.5 Å². The predicted octanol–water partition coefficient (Wildman–Crippen LogP) is 1.69. The van der Waals surface area contributed by atoms with E-state index in [-0.39, 0.29) is 5.91 Å². The summed E-state index contributed by atoms with van der Waals surface area (Å²) in [5.74, 6) is -0.0271. The Hall–Kier alpha value is -1.42. The monoisotopic (exact) mass is 248 g/mol. The third kappa shape index (κ3) is 2.38. The Morgan fingerprint density at radius 1 is 1.44 bits per heavy atom. The molecule has 2 rings (SSSR count). The van der Waals surface area contributed by atoms with Crippen LogP contribution in [-0.4, -0.2) is 39.6 Å². The summed E-state index contributed by atoms with van der Waals surface area (Å²) in [6.07, 6.45) is 1.69. The number of likely N-dealkylation sites (tertiary alicyclic amines) is 1. The van der Waals surface area contributed by atoms with Crippen molar-refractivity contribution in [1.29, 1.82) is 0 Å². The van der Waals surface area contributed by atoms with E-state index in [0.717, 1.165) is 24.2 Å². The summed E-state index contributed by atoms with van der Waals surface area (Å²) in [6, 6.07) is 3.66. The number of aromatic nitrogens is 1. The lowest BCUT2D eigenvalue weighted by Crippen LogP contribution is -2.63. The molecule has 1 amide bonds. The van der Waals surface area contributed by atoms with Gasteiger partial charge in [0.05, 0.1) is 29.9 Å². The van der Waals surface area contributed by atoms with Crippen molar-refractivity contribution < 1.29 is 9.90 Å². The molecule has 1 aromatic rings. The number of aliphatic hydroxyl groups is 1. The lowest BCUT2D eigenvalue weighted by molar-refractivity contribution is -0.0860. The van der Waals surface area contributed by atoms with Gasteiger partial charge in [0.25, 0.3) is 5.91 Å². The zero-order chi connectivity index (χ0) is 13.3. The molecule has 2 heterocycles. The zero-order valence-corrected chi connectivity index (χ0v) is 11.2. The number of aryl methyl sites for hydroxylation is 2. The van der Waals surface area contributed by atoms with Gasteiger partial charge in [-0.05, 0) is 32.4 Å². The van der Waals surface area contributed by atoms with Gasteiger partial charge in [-0.3, -0.25) is 9.78 Å².